The molecule has 0 aliphatic rings. The standard InChI is InChI=1S/C17H18F2N2O4/c1-23-12-4-11(5-13(8-12)24-2)21-16(22)9-20-10-6-14(18)17(25-3)15(19)7-10/h4-8,20H,9H2,1-3H3,(H,21,22). The Morgan fingerprint density at radius 3 is 1.92 bits per heavy atom. The summed E-state index contributed by atoms with van der Waals surface area (Å²) in [6.07, 6.45) is 0. The van der Waals surface area contributed by atoms with E-state index in [0.29, 0.717) is 17.2 Å². The summed E-state index contributed by atoms with van der Waals surface area (Å²) in [7, 11) is 4.16. The molecule has 1 amide bonds. The van der Waals surface area contributed by atoms with E-state index < -0.39 is 23.3 Å². The molecule has 2 rings (SSSR count). The van der Waals surface area contributed by atoms with E-state index in [-0.39, 0.29) is 12.2 Å². The molecule has 25 heavy (non-hydrogen) atoms. The molecule has 0 heterocycles. The van der Waals surface area contributed by atoms with Crippen molar-refractivity contribution in [1.82, 2.24) is 0 Å². The number of halogens is 2. The van der Waals surface area contributed by atoms with E-state index >= 15 is 0 Å². The molecule has 0 saturated heterocycles. The van der Waals surface area contributed by atoms with Crippen LogP contribution in [0.4, 0.5) is 20.2 Å². The van der Waals surface area contributed by atoms with Crippen LogP contribution >= 0.6 is 0 Å². The first kappa shape index (κ1) is 18.3. The van der Waals surface area contributed by atoms with Gasteiger partial charge in [0.15, 0.2) is 17.4 Å². The summed E-state index contributed by atoms with van der Waals surface area (Å²) in [6.45, 7) is -0.190. The largest absolute Gasteiger partial charge is 0.497 e. The van der Waals surface area contributed by atoms with Crippen molar-refractivity contribution in [2.45, 2.75) is 0 Å². The molecule has 134 valence electrons. The summed E-state index contributed by atoms with van der Waals surface area (Å²) in [5.74, 6) is -1.57. The Morgan fingerprint density at radius 2 is 1.44 bits per heavy atom. The maximum Gasteiger partial charge on any atom is 0.243 e. The Balaban J connectivity index is 2.02. The fourth-order valence-electron chi connectivity index (χ4n) is 2.12. The smallest absolute Gasteiger partial charge is 0.243 e. The summed E-state index contributed by atoms with van der Waals surface area (Å²) in [6, 6.07) is 6.99. The molecule has 2 aromatic rings. The Bertz CT molecular complexity index is 723. The third-order valence-electron chi connectivity index (χ3n) is 3.29. The monoisotopic (exact) mass is 352 g/mol. The second kappa shape index (κ2) is 8.18. The van der Waals surface area contributed by atoms with Crippen LogP contribution in [0, 0.1) is 11.6 Å². The lowest BCUT2D eigenvalue weighted by atomic mass is 10.2. The summed E-state index contributed by atoms with van der Waals surface area (Å²) in [5, 5.41) is 5.28. The van der Waals surface area contributed by atoms with Crippen molar-refractivity contribution in [2.75, 3.05) is 38.5 Å². The minimum atomic E-state index is -0.858. The molecule has 0 radical (unpaired) electrons. The van der Waals surface area contributed by atoms with Gasteiger partial charge in [-0.05, 0) is 0 Å². The molecule has 0 aliphatic heterocycles. The van der Waals surface area contributed by atoms with E-state index in [1.54, 1.807) is 18.2 Å². The van der Waals surface area contributed by atoms with E-state index in [0.717, 1.165) is 12.1 Å². The topological polar surface area (TPSA) is 68.8 Å². The first-order valence-electron chi connectivity index (χ1n) is 7.26. The first-order chi connectivity index (χ1) is 12.0. The molecule has 0 spiro atoms. The number of carbonyl (C=O) groups is 1. The summed E-state index contributed by atoms with van der Waals surface area (Å²) >= 11 is 0. The number of amides is 1. The lowest BCUT2D eigenvalue weighted by Gasteiger charge is -2.11. The van der Waals surface area contributed by atoms with E-state index in [1.165, 1.54) is 21.3 Å². The Kier molecular flexibility index (Phi) is 5.99. The molecule has 2 aromatic carbocycles. The van der Waals surface area contributed by atoms with Crippen molar-refractivity contribution in [1.29, 1.82) is 0 Å². The lowest BCUT2D eigenvalue weighted by molar-refractivity contribution is -0.114. The van der Waals surface area contributed by atoms with Crippen molar-refractivity contribution in [3.63, 3.8) is 0 Å². The third kappa shape index (κ3) is 4.72. The van der Waals surface area contributed by atoms with Gasteiger partial charge in [0.25, 0.3) is 0 Å². The predicted octanol–water partition coefficient (Wildman–Crippen LogP) is 3.04. The van der Waals surface area contributed by atoms with Gasteiger partial charge in [0, 0.05) is 41.7 Å². The van der Waals surface area contributed by atoms with Crippen LogP contribution in [0.5, 0.6) is 17.2 Å². The average molecular weight is 352 g/mol. The molecule has 0 unspecified atom stereocenters. The molecule has 0 aliphatic carbocycles. The van der Waals surface area contributed by atoms with Crippen LogP contribution in [0.15, 0.2) is 30.3 Å². The second-order valence-electron chi connectivity index (χ2n) is 4.98. The lowest BCUT2D eigenvalue weighted by Crippen LogP contribution is -2.22. The van der Waals surface area contributed by atoms with Gasteiger partial charge in [0.2, 0.25) is 5.91 Å². The van der Waals surface area contributed by atoms with Crippen LogP contribution in [-0.2, 0) is 4.79 Å². The van der Waals surface area contributed by atoms with Crippen LogP contribution in [0.1, 0.15) is 0 Å². The van der Waals surface area contributed by atoms with Gasteiger partial charge in [-0.2, -0.15) is 0 Å². The molecular formula is C17H18F2N2O4. The van der Waals surface area contributed by atoms with E-state index in [4.69, 9.17) is 9.47 Å². The molecule has 0 aromatic heterocycles. The van der Waals surface area contributed by atoms with Gasteiger partial charge in [-0.15, -0.1) is 0 Å². The van der Waals surface area contributed by atoms with Crippen molar-refractivity contribution in [2.24, 2.45) is 0 Å². The zero-order valence-electron chi connectivity index (χ0n) is 14.0. The highest BCUT2D eigenvalue weighted by Crippen LogP contribution is 2.26. The number of methoxy groups -OCH3 is 3. The minimum absolute atomic E-state index is 0.120. The quantitative estimate of drug-likeness (QED) is 0.802. The molecule has 0 atom stereocenters. The summed E-state index contributed by atoms with van der Waals surface area (Å²) < 4.78 is 42.1. The summed E-state index contributed by atoms with van der Waals surface area (Å²) in [5.41, 5.74) is 0.587. The maximum atomic E-state index is 13.6. The van der Waals surface area contributed by atoms with Gasteiger partial charge < -0.3 is 24.8 Å². The van der Waals surface area contributed by atoms with Gasteiger partial charge in [-0.1, -0.05) is 0 Å². The minimum Gasteiger partial charge on any atom is -0.497 e. The van der Waals surface area contributed by atoms with Gasteiger partial charge in [-0.3, -0.25) is 4.79 Å². The van der Waals surface area contributed by atoms with Crippen molar-refractivity contribution in [3.05, 3.63) is 42.0 Å². The fraction of sp³-hybridized carbons (Fsp3) is 0.235. The van der Waals surface area contributed by atoms with Crippen LogP contribution < -0.4 is 24.8 Å². The highest BCUT2D eigenvalue weighted by atomic mass is 19.1. The SMILES string of the molecule is COc1cc(NC(=O)CNc2cc(F)c(OC)c(F)c2)cc(OC)c1. The fourth-order valence-corrected chi connectivity index (χ4v) is 2.12. The zero-order valence-corrected chi connectivity index (χ0v) is 14.0. The van der Waals surface area contributed by atoms with E-state index in [1.807, 2.05) is 0 Å². The normalized spacial score (nSPS) is 10.1. The molecule has 0 saturated carbocycles. The number of carbonyl (C=O) groups excluding carboxylic acids is 1. The van der Waals surface area contributed by atoms with E-state index in [9.17, 15) is 13.6 Å². The first-order valence-corrected chi connectivity index (χ1v) is 7.26. The summed E-state index contributed by atoms with van der Waals surface area (Å²) in [4.78, 5) is 12.0. The highest BCUT2D eigenvalue weighted by Gasteiger charge is 2.12. The van der Waals surface area contributed by atoms with Gasteiger partial charge in [0.05, 0.1) is 27.9 Å². The number of anilines is 2. The second-order valence-corrected chi connectivity index (χ2v) is 4.98. The van der Waals surface area contributed by atoms with Gasteiger partial charge in [0.1, 0.15) is 11.5 Å². The Hall–Kier alpha value is -3.03. The third-order valence-corrected chi connectivity index (χ3v) is 3.29. The van der Waals surface area contributed by atoms with Crippen LogP contribution in [0.2, 0.25) is 0 Å². The number of hydrogen-bond donors (Lipinski definition) is 2. The van der Waals surface area contributed by atoms with Crippen LogP contribution in [0.25, 0.3) is 0 Å². The molecule has 0 fully saturated rings. The van der Waals surface area contributed by atoms with Crippen LogP contribution in [-0.4, -0.2) is 33.8 Å². The maximum absolute atomic E-state index is 13.6. The number of nitrogens with one attached hydrogen (secondary N) is 2. The zero-order chi connectivity index (χ0) is 18.4. The van der Waals surface area contributed by atoms with E-state index in [2.05, 4.69) is 15.4 Å². The number of hydrogen-bond acceptors (Lipinski definition) is 5. The molecule has 8 heteroatoms. The van der Waals surface area contributed by atoms with Gasteiger partial charge >= 0.3 is 0 Å². The number of ether oxygens (including phenoxy) is 3. The average Bonchev–Trinajstić information content (AvgIpc) is 2.59. The van der Waals surface area contributed by atoms with Gasteiger partial charge in [-0.25, -0.2) is 8.78 Å². The molecular weight excluding hydrogens is 334 g/mol. The molecule has 6 nitrogen and oxygen atoms in total. The number of rotatable bonds is 7. The van der Waals surface area contributed by atoms with Crippen molar-refractivity contribution in [3.8, 4) is 17.2 Å². The van der Waals surface area contributed by atoms with Crippen LogP contribution in [0.3, 0.4) is 0 Å². The predicted molar refractivity (Wildman–Crippen MR) is 89.6 cm³/mol. The molecule has 2 N–H and O–H groups in total. The number of benzene rings is 2. The van der Waals surface area contributed by atoms with Crippen molar-refractivity contribution >= 4 is 17.3 Å². The Labute approximate surface area is 143 Å². The highest BCUT2D eigenvalue weighted by molar-refractivity contribution is 5.94. The Morgan fingerprint density at radius 1 is 0.880 bits per heavy atom. The van der Waals surface area contributed by atoms with Crippen molar-refractivity contribution < 1.29 is 27.8 Å². The molecule has 0 bridgehead atoms.